The molecular formula is C20H18N2O3S. The van der Waals surface area contributed by atoms with E-state index in [2.05, 4.69) is 5.10 Å². The lowest BCUT2D eigenvalue weighted by atomic mass is 10.2. The Morgan fingerprint density at radius 1 is 1.19 bits per heavy atom. The van der Waals surface area contributed by atoms with Crippen molar-refractivity contribution < 1.29 is 14.3 Å². The highest BCUT2D eigenvalue weighted by Crippen LogP contribution is 2.18. The normalized spacial score (nSPS) is 11.0. The second-order valence-electron chi connectivity index (χ2n) is 5.54. The number of benzene rings is 1. The Kier molecular flexibility index (Phi) is 5.43. The number of nitrogens with zero attached hydrogens (tertiary/aromatic N) is 2. The van der Waals surface area contributed by atoms with Crippen molar-refractivity contribution in [2.45, 2.75) is 13.8 Å². The Bertz CT molecular complexity index is 955. The van der Waals surface area contributed by atoms with Gasteiger partial charge >= 0.3 is 5.97 Å². The Labute approximate surface area is 155 Å². The molecule has 6 heteroatoms. The topological polar surface area (TPSA) is 61.2 Å². The third-order valence-electron chi connectivity index (χ3n) is 3.63. The molecule has 0 amide bonds. The lowest BCUT2D eigenvalue weighted by Crippen LogP contribution is -2.08. The summed E-state index contributed by atoms with van der Waals surface area (Å²) >= 11 is 1.44. The van der Waals surface area contributed by atoms with Crippen LogP contribution in [0.15, 0.2) is 54.7 Å². The number of carbonyl (C=O) groups excluding carboxylic acids is 2. The molecular weight excluding hydrogens is 348 g/mol. The summed E-state index contributed by atoms with van der Waals surface area (Å²) in [4.78, 5) is 26.2. The molecule has 132 valence electrons. The number of rotatable bonds is 6. The molecule has 0 N–H and O–H groups in total. The summed E-state index contributed by atoms with van der Waals surface area (Å²) in [5, 5.41) is 4.34. The second kappa shape index (κ2) is 7.93. The van der Waals surface area contributed by atoms with E-state index < -0.39 is 5.97 Å². The van der Waals surface area contributed by atoms with E-state index in [0.29, 0.717) is 10.4 Å². The number of hydrogen-bond acceptors (Lipinski definition) is 5. The van der Waals surface area contributed by atoms with Crippen molar-refractivity contribution in [1.29, 1.82) is 0 Å². The van der Waals surface area contributed by atoms with E-state index >= 15 is 0 Å². The first-order valence-corrected chi connectivity index (χ1v) is 9.01. The first-order chi connectivity index (χ1) is 12.6. The van der Waals surface area contributed by atoms with Crippen molar-refractivity contribution in [3.05, 3.63) is 75.7 Å². The lowest BCUT2D eigenvalue weighted by molar-refractivity contribution is 0.0518. The summed E-state index contributed by atoms with van der Waals surface area (Å²) in [5.41, 5.74) is 1.54. The van der Waals surface area contributed by atoms with Gasteiger partial charge in [-0.05, 0) is 50.3 Å². The largest absolute Gasteiger partial charge is 0.461 e. The summed E-state index contributed by atoms with van der Waals surface area (Å²) in [6.07, 6.45) is 4.78. The van der Waals surface area contributed by atoms with Crippen molar-refractivity contribution in [2.24, 2.45) is 0 Å². The van der Waals surface area contributed by atoms with Crippen LogP contribution in [-0.2, 0) is 4.74 Å². The number of ether oxygens (including phenoxy) is 1. The van der Waals surface area contributed by atoms with E-state index in [9.17, 15) is 9.59 Å². The molecule has 0 aliphatic heterocycles. The van der Waals surface area contributed by atoms with Crippen molar-refractivity contribution in [2.75, 3.05) is 6.61 Å². The van der Waals surface area contributed by atoms with Gasteiger partial charge in [0.15, 0.2) is 11.5 Å². The zero-order valence-electron chi connectivity index (χ0n) is 14.5. The fraction of sp³-hybridized carbons (Fsp3) is 0.150. The molecule has 3 aromatic rings. The number of carbonyl (C=O) groups is 2. The number of para-hydroxylation sites is 1. The number of hydrogen-bond donors (Lipinski definition) is 0. The summed E-state index contributed by atoms with van der Waals surface area (Å²) in [5.74, 6) is -0.619. The molecule has 0 fully saturated rings. The van der Waals surface area contributed by atoms with Gasteiger partial charge in [-0.1, -0.05) is 18.2 Å². The van der Waals surface area contributed by atoms with Crippen LogP contribution in [0.25, 0.3) is 11.8 Å². The van der Waals surface area contributed by atoms with Gasteiger partial charge in [-0.2, -0.15) is 5.10 Å². The highest BCUT2D eigenvalue weighted by molar-refractivity contribution is 7.14. The van der Waals surface area contributed by atoms with Crippen molar-refractivity contribution >= 4 is 29.2 Å². The van der Waals surface area contributed by atoms with E-state index in [1.165, 1.54) is 17.4 Å². The Morgan fingerprint density at radius 3 is 2.62 bits per heavy atom. The summed E-state index contributed by atoms with van der Waals surface area (Å²) in [6, 6.07) is 13.2. The average Bonchev–Trinajstić information content (AvgIpc) is 3.27. The maximum atomic E-state index is 12.3. The molecule has 1 aromatic carbocycles. The molecule has 5 nitrogen and oxygen atoms in total. The highest BCUT2D eigenvalue weighted by Gasteiger charge is 2.17. The van der Waals surface area contributed by atoms with E-state index in [0.717, 1.165) is 10.6 Å². The fourth-order valence-electron chi connectivity index (χ4n) is 2.39. The molecule has 0 aliphatic rings. The van der Waals surface area contributed by atoms with Crippen LogP contribution in [-0.4, -0.2) is 28.1 Å². The van der Waals surface area contributed by atoms with Gasteiger partial charge in [-0.15, -0.1) is 11.3 Å². The zero-order valence-corrected chi connectivity index (χ0v) is 15.3. The number of aromatic nitrogens is 2. The van der Waals surface area contributed by atoms with E-state index in [1.807, 2.05) is 43.3 Å². The predicted molar refractivity (Wildman–Crippen MR) is 102 cm³/mol. The van der Waals surface area contributed by atoms with Gasteiger partial charge in [0.2, 0.25) is 0 Å². The monoisotopic (exact) mass is 366 g/mol. The maximum Gasteiger partial charge on any atom is 0.359 e. The molecule has 0 atom stereocenters. The number of thiophene rings is 1. The van der Waals surface area contributed by atoms with Crippen LogP contribution in [0.2, 0.25) is 0 Å². The van der Waals surface area contributed by atoms with E-state index in [1.54, 1.807) is 29.9 Å². The van der Waals surface area contributed by atoms with E-state index in [-0.39, 0.29) is 18.1 Å². The van der Waals surface area contributed by atoms with Crippen molar-refractivity contribution in [3.63, 3.8) is 0 Å². The summed E-state index contributed by atoms with van der Waals surface area (Å²) in [6.45, 7) is 3.95. The third-order valence-corrected chi connectivity index (χ3v) is 4.64. The van der Waals surface area contributed by atoms with Gasteiger partial charge < -0.3 is 4.74 Å². The molecule has 2 heterocycles. The minimum Gasteiger partial charge on any atom is -0.461 e. The van der Waals surface area contributed by atoms with Crippen LogP contribution in [0, 0.1) is 6.92 Å². The number of esters is 1. The fourth-order valence-corrected chi connectivity index (χ4v) is 3.18. The molecule has 0 radical (unpaired) electrons. The van der Waals surface area contributed by atoms with Gasteiger partial charge in [0.25, 0.3) is 0 Å². The van der Waals surface area contributed by atoms with Crippen LogP contribution in [0.5, 0.6) is 0 Å². The summed E-state index contributed by atoms with van der Waals surface area (Å²) < 4.78 is 6.68. The smallest absolute Gasteiger partial charge is 0.359 e. The number of ketones is 1. The second-order valence-corrected chi connectivity index (χ2v) is 6.83. The maximum absolute atomic E-state index is 12.3. The predicted octanol–water partition coefficient (Wildman–Crippen LogP) is 4.32. The van der Waals surface area contributed by atoms with Crippen molar-refractivity contribution in [3.8, 4) is 5.69 Å². The average molecular weight is 366 g/mol. The minimum atomic E-state index is -0.513. The zero-order chi connectivity index (χ0) is 18.5. The van der Waals surface area contributed by atoms with Crippen molar-refractivity contribution in [1.82, 2.24) is 9.78 Å². The Morgan fingerprint density at radius 2 is 1.96 bits per heavy atom. The van der Waals surface area contributed by atoms with Gasteiger partial charge in [0.1, 0.15) is 0 Å². The SMILES string of the molecule is CCOC(=O)c1nn(-c2ccccc2)cc1/C=C/C(=O)c1ccc(C)s1. The minimum absolute atomic E-state index is 0.106. The van der Waals surface area contributed by atoms with Crippen LogP contribution in [0.1, 0.15) is 37.5 Å². The molecule has 2 aromatic heterocycles. The number of allylic oxidation sites excluding steroid dienone is 1. The molecule has 0 aliphatic carbocycles. The lowest BCUT2D eigenvalue weighted by Gasteiger charge is -2.00. The Balaban J connectivity index is 1.93. The Hall–Kier alpha value is -2.99. The van der Waals surface area contributed by atoms with Gasteiger partial charge in [-0.25, -0.2) is 9.48 Å². The van der Waals surface area contributed by atoms with Crippen LogP contribution in [0.4, 0.5) is 0 Å². The molecule has 0 spiro atoms. The van der Waals surface area contributed by atoms with Crippen LogP contribution < -0.4 is 0 Å². The van der Waals surface area contributed by atoms with Crippen LogP contribution in [0.3, 0.4) is 0 Å². The van der Waals surface area contributed by atoms with E-state index in [4.69, 9.17) is 4.74 Å². The molecule has 0 unspecified atom stereocenters. The highest BCUT2D eigenvalue weighted by atomic mass is 32.1. The quantitative estimate of drug-likeness (QED) is 0.370. The standard InChI is InChI=1S/C20H18N2O3S/c1-3-25-20(24)19-15(10-11-17(23)18-12-9-14(2)26-18)13-22(21-19)16-7-5-4-6-8-16/h4-13H,3H2,1-2H3/b11-10+. The first kappa shape index (κ1) is 17.8. The van der Waals surface area contributed by atoms with Gasteiger partial charge in [0, 0.05) is 16.6 Å². The van der Waals surface area contributed by atoms with Gasteiger partial charge in [-0.3, -0.25) is 4.79 Å². The molecule has 26 heavy (non-hydrogen) atoms. The molecule has 0 saturated heterocycles. The third kappa shape index (κ3) is 3.97. The molecule has 0 saturated carbocycles. The van der Waals surface area contributed by atoms with Crippen LogP contribution >= 0.6 is 11.3 Å². The van der Waals surface area contributed by atoms with Gasteiger partial charge in [0.05, 0.1) is 17.2 Å². The number of aryl methyl sites for hydroxylation is 1. The summed E-state index contributed by atoms with van der Waals surface area (Å²) in [7, 11) is 0. The molecule has 0 bridgehead atoms. The first-order valence-electron chi connectivity index (χ1n) is 8.19. The molecule has 3 rings (SSSR count).